The van der Waals surface area contributed by atoms with Crippen LogP contribution in [-0.4, -0.2) is 37.5 Å². The van der Waals surface area contributed by atoms with Crippen LogP contribution in [0.1, 0.15) is 5.56 Å². The van der Waals surface area contributed by atoms with Gasteiger partial charge in [0.2, 0.25) is 6.79 Å². The number of ether oxygens (including phenoxy) is 3. The van der Waals surface area contributed by atoms with Crippen molar-refractivity contribution in [1.29, 1.82) is 0 Å². The standard InChI is InChI=1S/C17H16N4O6/c1-25-14-5-3-2-4-12(14)18-9-17(22)20-19-8-11-6-15-16(27-10-26-15)7-13(11)21(23)24/h2-8,18H,9-10H2,1H3,(H,20,22)/b19-8-. The van der Waals surface area contributed by atoms with Crippen LogP contribution in [0.15, 0.2) is 41.5 Å². The van der Waals surface area contributed by atoms with E-state index in [2.05, 4.69) is 15.8 Å². The largest absolute Gasteiger partial charge is 0.495 e. The molecule has 0 fully saturated rings. The maximum atomic E-state index is 11.9. The second kappa shape index (κ2) is 8.04. The van der Waals surface area contributed by atoms with Gasteiger partial charge < -0.3 is 19.5 Å². The van der Waals surface area contributed by atoms with Gasteiger partial charge in [-0.2, -0.15) is 5.10 Å². The van der Waals surface area contributed by atoms with Gasteiger partial charge in [0, 0.05) is 0 Å². The molecule has 0 atom stereocenters. The number of methoxy groups -OCH3 is 1. The molecule has 2 aromatic carbocycles. The van der Waals surface area contributed by atoms with Crippen LogP contribution in [0.25, 0.3) is 0 Å². The number of carbonyl (C=O) groups excluding carboxylic acids is 1. The van der Waals surface area contributed by atoms with Gasteiger partial charge in [0.25, 0.3) is 11.6 Å². The lowest BCUT2D eigenvalue weighted by Gasteiger charge is -2.09. The second-order valence-corrected chi connectivity index (χ2v) is 5.37. The van der Waals surface area contributed by atoms with Crippen molar-refractivity contribution in [3.05, 3.63) is 52.1 Å². The van der Waals surface area contributed by atoms with E-state index in [4.69, 9.17) is 14.2 Å². The van der Waals surface area contributed by atoms with Gasteiger partial charge >= 0.3 is 0 Å². The van der Waals surface area contributed by atoms with Crippen LogP contribution in [0.4, 0.5) is 11.4 Å². The monoisotopic (exact) mass is 372 g/mol. The van der Waals surface area contributed by atoms with Crippen LogP contribution in [0.2, 0.25) is 0 Å². The third-order valence-corrected chi connectivity index (χ3v) is 3.66. The van der Waals surface area contributed by atoms with Gasteiger partial charge in [0.15, 0.2) is 11.5 Å². The number of fused-ring (bicyclic) bond motifs is 1. The molecule has 0 aromatic heterocycles. The van der Waals surface area contributed by atoms with Crippen molar-refractivity contribution in [2.75, 3.05) is 25.8 Å². The summed E-state index contributed by atoms with van der Waals surface area (Å²) in [6.07, 6.45) is 1.18. The predicted octanol–water partition coefficient (Wildman–Crippen LogP) is 1.89. The summed E-state index contributed by atoms with van der Waals surface area (Å²) in [6.45, 7) is -0.0562. The average molecular weight is 372 g/mol. The van der Waals surface area contributed by atoms with Crippen molar-refractivity contribution in [2.24, 2.45) is 5.10 Å². The topological polar surface area (TPSA) is 124 Å². The minimum Gasteiger partial charge on any atom is -0.495 e. The van der Waals surface area contributed by atoms with Crippen molar-refractivity contribution in [3.63, 3.8) is 0 Å². The number of nitrogens with zero attached hydrogens (tertiary/aromatic N) is 2. The first-order valence-electron chi connectivity index (χ1n) is 7.85. The summed E-state index contributed by atoms with van der Waals surface area (Å²) in [4.78, 5) is 22.5. The van der Waals surface area contributed by atoms with E-state index >= 15 is 0 Å². The number of anilines is 1. The molecule has 10 nitrogen and oxygen atoms in total. The number of hydrogen-bond acceptors (Lipinski definition) is 8. The Bertz CT molecular complexity index is 899. The van der Waals surface area contributed by atoms with Crippen LogP contribution in [-0.2, 0) is 4.79 Å². The Morgan fingerprint density at radius 1 is 1.33 bits per heavy atom. The van der Waals surface area contributed by atoms with Crippen molar-refractivity contribution < 1.29 is 23.9 Å². The van der Waals surface area contributed by atoms with Crippen LogP contribution in [0.3, 0.4) is 0 Å². The van der Waals surface area contributed by atoms with Gasteiger partial charge in [-0.3, -0.25) is 14.9 Å². The zero-order valence-electron chi connectivity index (χ0n) is 14.3. The normalized spacial score (nSPS) is 12.0. The van der Waals surface area contributed by atoms with Crippen molar-refractivity contribution in [3.8, 4) is 17.2 Å². The van der Waals surface area contributed by atoms with E-state index in [9.17, 15) is 14.9 Å². The molecule has 0 unspecified atom stereocenters. The lowest BCUT2D eigenvalue weighted by Crippen LogP contribution is -2.26. The number of nitro groups is 1. The number of nitro benzene ring substituents is 1. The Morgan fingerprint density at radius 3 is 2.81 bits per heavy atom. The number of carbonyl (C=O) groups is 1. The summed E-state index contributed by atoms with van der Waals surface area (Å²) in [6, 6.07) is 9.84. The fraction of sp³-hybridized carbons (Fsp3) is 0.176. The molecule has 2 aromatic rings. The molecule has 3 rings (SSSR count). The molecule has 1 heterocycles. The van der Waals surface area contributed by atoms with E-state index in [0.29, 0.717) is 22.9 Å². The molecule has 1 aliphatic heterocycles. The van der Waals surface area contributed by atoms with Crippen LogP contribution in [0, 0.1) is 10.1 Å². The predicted molar refractivity (Wildman–Crippen MR) is 96.4 cm³/mol. The zero-order chi connectivity index (χ0) is 19.2. The Morgan fingerprint density at radius 2 is 2.07 bits per heavy atom. The average Bonchev–Trinajstić information content (AvgIpc) is 3.13. The van der Waals surface area contributed by atoms with E-state index in [1.54, 1.807) is 18.2 Å². The Kier molecular flexibility index (Phi) is 5.36. The highest BCUT2D eigenvalue weighted by atomic mass is 16.7. The van der Waals surface area contributed by atoms with Gasteiger partial charge in [-0.1, -0.05) is 12.1 Å². The number of benzene rings is 2. The molecule has 0 saturated heterocycles. The number of amides is 1. The molecule has 0 saturated carbocycles. The van der Waals surface area contributed by atoms with E-state index in [1.165, 1.54) is 25.5 Å². The molecule has 2 N–H and O–H groups in total. The second-order valence-electron chi connectivity index (χ2n) is 5.37. The number of hydrogen-bond donors (Lipinski definition) is 2. The van der Waals surface area contributed by atoms with E-state index < -0.39 is 10.8 Å². The SMILES string of the molecule is COc1ccccc1NCC(=O)N/N=C\c1cc2c(cc1[N+](=O)[O-])OCO2. The lowest BCUT2D eigenvalue weighted by molar-refractivity contribution is -0.385. The van der Waals surface area contributed by atoms with Crippen molar-refractivity contribution in [1.82, 2.24) is 5.43 Å². The van der Waals surface area contributed by atoms with E-state index in [-0.39, 0.29) is 24.6 Å². The fourth-order valence-electron chi connectivity index (χ4n) is 2.39. The first-order valence-corrected chi connectivity index (χ1v) is 7.85. The van der Waals surface area contributed by atoms with Crippen LogP contribution < -0.4 is 25.0 Å². The highest BCUT2D eigenvalue weighted by Crippen LogP contribution is 2.37. The van der Waals surface area contributed by atoms with Gasteiger partial charge in [0.1, 0.15) is 5.75 Å². The highest BCUT2D eigenvalue weighted by Gasteiger charge is 2.22. The smallest absolute Gasteiger partial charge is 0.282 e. The molecular formula is C17H16N4O6. The summed E-state index contributed by atoms with van der Waals surface area (Å²) in [7, 11) is 1.53. The summed E-state index contributed by atoms with van der Waals surface area (Å²) in [5, 5.41) is 17.9. The Labute approximate surface area is 153 Å². The minimum absolute atomic E-state index is 0.00155. The summed E-state index contributed by atoms with van der Waals surface area (Å²) < 4.78 is 15.5. The third-order valence-electron chi connectivity index (χ3n) is 3.66. The maximum Gasteiger partial charge on any atom is 0.282 e. The van der Waals surface area contributed by atoms with Crippen LogP contribution >= 0.6 is 0 Å². The van der Waals surface area contributed by atoms with Crippen molar-refractivity contribution >= 4 is 23.5 Å². The molecule has 0 radical (unpaired) electrons. The zero-order valence-corrected chi connectivity index (χ0v) is 14.3. The molecule has 0 bridgehead atoms. The maximum absolute atomic E-state index is 11.9. The van der Waals surface area contributed by atoms with Gasteiger partial charge in [-0.25, -0.2) is 5.43 Å². The summed E-state index contributed by atoms with van der Waals surface area (Å²) in [5.41, 5.74) is 2.94. The Balaban J connectivity index is 1.62. The Hall–Kier alpha value is -3.82. The number of hydrazone groups is 1. The molecule has 1 amide bonds. The van der Waals surface area contributed by atoms with Gasteiger partial charge in [-0.15, -0.1) is 0 Å². The quantitative estimate of drug-likeness (QED) is 0.432. The molecule has 10 heteroatoms. The van der Waals surface area contributed by atoms with E-state index in [1.807, 2.05) is 6.07 Å². The fourth-order valence-corrected chi connectivity index (χ4v) is 2.39. The van der Waals surface area contributed by atoms with E-state index in [0.717, 1.165) is 0 Å². The molecule has 1 aliphatic rings. The molecular weight excluding hydrogens is 356 g/mol. The minimum atomic E-state index is -0.561. The van der Waals surface area contributed by atoms with Crippen molar-refractivity contribution in [2.45, 2.75) is 0 Å². The highest BCUT2D eigenvalue weighted by molar-refractivity contribution is 5.88. The molecule has 140 valence electrons. The van der Waals surface area contributed by atoms with Gasteiger partial charge in [-0.05, 0) is 18.2 Å². The third kappa shape index (κ3) is 4.24. The molecule has 0 spiro atoms. The first kappa shape index (κ1) is 18.0. The number of nitrogens with one attached hydrogen (secondary N) is 2. The lowest BCUT2D eigenvalue weighted by atomic mass is 10.1. The number of para-hydroxylation sites is 2. The molecule has 0 aliphatic carbocycles. The number of rotatable bonds is 7. The van der Waals surface area contributed by atoms with Gasteiger partial charge in [0.05, 0.1) is 42.1 Å². The summed E-state index contributed by atoms with van der Waals surface area (Å²) in [5.74, 6) is 0.848. The summed E-state index contributed by atoms with van der Waals surface area (Å²) >= 11 is 0. The molecule has 27 heavy (non-hydrogen) atoms. The van der Waals surface area contributed by atoms with Crippen LogP contribution in [0.5, 0.6) is 17.2 Å². The first-order chi connectivity index (χ1) is 13.1.